The van der Waals surface area contributed by atoms with E-state index in [-0.39, 0.29) is 11.3 Å². The van der Waals surface area contributed by atoms with Crippen LogP contribution in [0.1, 0.15) is 42.3 Å². The van der Waals surface area contributed by atoms with E-state index in [1.165, 1.54) is 17.7 Å². The molecule has 1 heterocycles. The summed E-state index contributed by atoms with van der Waals surface area (Å²) in [5.74, 6) is 0.298. The number of rotatable bonds is 4. The van der Waals surface area contributed by atoms with E-state index < -0.39 is 5.91 Å². The van der Waals surface area contributed by atoms with Crippen LogP contribution < -0.4 is 15.1 Å². The molecule has 0 radical (unpaired) electrons. The van der Waals surface area contributed by atoms with Crippen LogP contribution in [0.5, 0.6) is 11.5 Å². The van der Waals surface area contributed by atoms with Crippen molar-refractivity contribution in [1.29, 1.82) is 0 Å². The van der Waals surface area contributed by atoms with Gasteiger partial charge in [0.1, 0.15) is 11.5 Å². The highest BCUT2D eigenvalue weighted by molar-refractivity contribution is 9.11. The van der Waals surface area contributed by atoms with Gasteiger partial charge >= 0.3 is 0 Å². The molecule has 8 heteroatoms. The molecule has 0 saturated carbocycles. The number of likely N-dealkylation sites (N-methyl/N-ethyl adjacent to an activating group) is 1. The molecule has 1 aliphatic heterocycles. The molecule has 2 N–H and O–H groups in total. The second-order valence-electron chi connectivity index (χ2n) is 7.64. The van der Waals surface area contributed by atoms with Crippen LogP contribution in [-0.4, -0.2) is 36.9 Å². The maximum atomic E-state index is 12.4. The molecule has 0 saturated heterocycles. The van der Waals surface area contributed by atoms with Gasteiger partial charge in [0, 0.05) is 35.5 Å². The first-order valence-electron chi connectivity index (χ1n) is 9.22. The third kappa shape index (κ3) is 4.25. The lowest BCUT2D eigenvalue weighted by Gasteiger charge is -2.40. The van der Waals surface area contributed by atoms with E-state index in [0.717, 1.165) is 16.8 Å². The fourth-order valence-electron chi connectivity index (χ4n) is 3.39. The van der Waals surface area contributed by atoms with Crippen molar-refractivity contribution in [3.8, 4) is 11.5 Å². The summed E-state index contributed by atoms with van der Waals surface area (Å²) in [6.45, 7) is 6.41. The zero-order valence-electron chi connectivity index (χ0n) is 17.4. The average Bonchev–Trinajstić information content (AvgIpc) is 2.69. The summed E-state index contributed by atoms with van der Waals surface area (Å²) in [4.78, 5) is 14.6. The molecule has 0 bridgehead atoms. The third-order valence-electron chi connectivity index (χ3n) is 5.22. The zero-order valence-corrected chi connectivity index (χ0v) is 20.6. The predicted octanol–water partition coefficient (Wildman–Crippen LogP) is 5.32. The number of benzene rings is 2. The number of nitrogens with zero attached hydrogens (tertiary/aromatic N) is 2. The monoisotopic (exact) mass is 535 g/mol. The van der Waals surface area contributed by atoms with Gasteiger partial charge in [-0.05, 0) is 76.4 Å². The molecule has 3 rings (SSSR count). The van der Waals surface area contributed by atoms with E-state index >= 15 is 0 Å². The molecule has 30 heavy (non-hydrogen) atoms. The van der Waals surface area contributed by atoms with Gasteiger partial charge in [-0.15, -0.1) is 0 Å². The summed E-state index contributed by atoms with van der Waals surface area (Å²) in [5, 5.41) is 13.9. The summed E-state index contributed by atoms with van der Waals surface area (Å²) in [7, 11) is 3.67. The van der Waals surface area contributed by atoms with Crippen molar-refractivity contribution in [3.63, 3.8) is 0 Å². The second-order valence-corrected chi connectivity index (χ2v) is 9.35. The summed E-state index contributed by atoms with van der Waals surface area (Å²) >= 11 is 6.44. The number of hydrogen-bond donors (Lipinski definition) is 2. The number of phenolic OH excluding ortho intramolecular Hbond substituents is 1. The van der Waals surface area contributed by atoms with E-state index in [9.17, 15) is 9.90 Å². The number of aromatic hydroxyl groups is 1. The van der Waals surface area contributed by atoms with Gasteiger partial charge in [0.25, 0.3) is 5.91 Å². The number of ether oxygens (including phenoxy) is 1. The Morgan fingerprint density at radius 3 is 2.47 bits per heavy atom. The number of hydrazone groups is 1. The number of carbonyl (C=O) groups is 1. The minimum atomic E-state index is -0.401. The van der Waals surface area contributed by atoms with Crippen LogP contribution in [0.25, 0.3) is 5.57 Å². The number of carbonyl (C=O) groups excluding carboxylic acids is 1. The van der Waals surface area contributed by atoms with Crippen molar-refractivity contribution in [1.82, 2.24) is 5.43 Å². The maximum Gasteiger partial charge on any atom is 0.271 e. The van der Waals surface area contributed by atoms with Gasteiger partial charge in [-0.3, -0.25) is 4.79 Å². The summed E-state index contributed by atoms with van der Waals surface area (Å²) in [5.41, 5.74) is 6.87. The van der Waals surface area contributed by atoms with Crippen LogP contribution in [0.15, 0.2) is 44.4 Å². The van der Waals surface area contributed by atoms with Gasteiger partial charge in [-0.1, -0.05) is 6.08 Å². The second kappa shape index (κ2) is 8.43. The summed E-state index contributed by atoms with van der Waals surface area (Å²) in [6, 6.07) is 7.05. The highest BCUT2D eigenvalue weighted by atomic mass is 79.9. The van der Waals surface area contributed by atoms with Crippen LogP contribution in [-0.2, 0) is 0 Å². The topological polar surface area (TPSA) is 74.2 Å². The Balaban J connectivity index is 1.88. The molecule has 0 fully saturated rings. The molecule has 2 aromatic rings. The van der Waals surface area contributed by atoms with Crippen molar-refractivity contribution in [2.24, 2.45) is 5.10 Å². The number of methoxy groups -OCH3 is 1. The summed E-state index contributed by atoms with van der Waals surface area (Å²) < 4.78 is 6.39. The number of anilines is 1. The van der Waals surface area contributed by atoms with Crippen LogP contribution in [0.2, 0.25) is 0 Å². The molecular weight excluding hydrogens is 514 g/mol. The lowest BCUT2D eigenvalue weighted by atomic mass is 9.88. The van der Waals surface area contributed by atoms with Crippen LogP contribution in [0.3, 0.4) is 0 Å². The van der Waals surface area contributed by atoms with Crippen molar-refractivity contribution in [2.45, 2.75) is 26.3 Å². The molecule has 0 spiro atoms. The van der Waals surface area contributed by atoms with E-state index in [1.54, 1.807) is 13.3 Å². The van der Waals surface area contributed by atoms with Gasteiger partial charge < -0.3 is 14.7 Å². The minimum Gasteiger partial charge on any atom is -0.506 e. The van der Waals surface area contributed by atoms with Crippen molar-refractivity contribution >= 4 is 55.2 Å². The first kappa shape index (κ1) is 22.4. The molecule has 0 unspecified atom stereocenters. The van der Waals surface area contributed by atoms with Gasteiger partial charge in [-0.25, -0.2) is 5.43 Å². The Labute approximate surface area is 192 Å². The number of amides is 1. The molecule has 2 aromatic carbocycles. The van der Waals surface area contributed by atoms with Gasteiger partial charge in [0.05, 0.1) is 27.8 Å². The summed E-state index contributed by atoms with van der Waals surface area (Å²) in [6.07, 6.45) is 3.79. The van der Waals surface area contributed by atoms with Crippen LogP contribution in [0, 0.1) is 0 Å². The number of hydrogen-bond acceptors (Lipinski definition) is 5. The van der Waals surface area contributed by atoms with Crippen molar-refractivity contribution in [2.75, 3.05) is 19.1 Å². The van der Waals surface area contributed by atoms with Gasteiger partial charge in [0.15, 0.2) is 0 Å². The van der Waals surface area contributed by atoms with Gasteiger partial charge in [0.2, 0.25) is 0 Å². The lowest BCUT2D eigenvalue weighted by Crippen LogP contribution is -2.42. The SMILES string of the molecule is COc1cc2c(cc1/C=N\NC(=O)c1cc(Br)c(O)c(Br)c1)C(C)=CC(C)(C)N2C. The van der Waals surface area contributed by atoms with E-state index in [2.05, 4.69) is 81.2 Å². The largest absolute Gasteiger partial charge is 0.506 e. The standard InChI is InChI=1S/C22H23Br2N3O3/c1-12-10-22(2,3)27(4)18-9-19(30-5)14(6-15(12)18)11-25-26-21(29)13-7-16(23)20(28)17(24)8-13/h6-11,28H,1-5H3,(H,26,29)/b25-11-. The molecule has 0 aliphatic carbocycles. The molecule has 1 amide bonds. The molecule has 158 valence electrons. The lowest BCUT2D eigenvalue weighted by molar-refractivity contribution is 0.0955. The Bertz CT molecular complexity index is 1050. The number of fused-ring (bicyclic) bond motifs is 1. The number of phenols is 1. The minimum absolute atomic E-state index is 0.0328. The van der Waals surface area contributed by atoms with E-state index in [0.29, 0.717) is 20.3 Å². The smallest absolute Gasteiger partial charge is 0.271 e. The first-order valence-corrected chi connectivity index (χ1v) is 10.8. The Morgan fingerprint density at radius 1 is 1.23 bits per heavy atom. The van der Waals surface area contributed by atoms with Crippen molar-refractivity contribution < 1.29 is 14.6 Å². The number of allylic oxidation sites excluding steroid dienone is 1. The highest BCUT2D eigenvalue weighted by Crippen LogP contribution is 2.41. The first-order chi connectivity index (χ1) is 14.0. The molecule has 0 atom stereocenters. The Hall–Kier alpha value is -2.32. The molecule has 6 nitrogen and oxygen atoms in total. The predicted molar refractivity (Wildman–Crippen MR) is 128 cm³/mol. The Kier molecular flexibility index (Phi) is 6.29. The molecule has 1 aliphatic rings. The fraction of sp³-hybridized carbons (Fsp3) is 0.273. The maximum absolute atomic E-state index is 12.4. The quantitative estimate of drug-likeness (QED) is 0.409. The number of halogens is 2. The van der Waals surface area contributed by atoms with E-state index in [1.807, 2.05) is 12.1 Å². The van der Waals surface area contributed by atoms with E-state index in [4.69, 9.17) is 4.74 Å². The normalized spacial score (nSPS) is 15.0. The van der Waals surface area contributed by atoms with Crippen molar-refractivity contribution in [3.05, 3.63) is 56.0 Å². The third-order valence-corrected chi connectivity index (χ3v) is 6.43. The highest BCUT2D eigenvalue weighted by Gasteiger charge is 2.29. The number of nitrogens with one attached hydrogen (secondary N) is 1. The van der Waals surface area contributed by atoms with Crippen LogP contribution in [0.4, 0.5) is 5.69 Å². The van der Waals surface area contributed by atoms with Gasteiger partial charge in [-0.2, -0.15) is 5.10 Å². The van der Waals surface area contributed by atoms with Crippen LogP contribution >= 0.6 is 31.9 Å². The molecular formula is C22H23Br2N3O3. The fourth-order valence-corrected chi connectivity index (χ4v) is 4.58. The zero-order chi connectivity index (χ0) is 22.2. The average molecular weight is 537 g/mol. The molecule has 0 aromatic heterocycles. The Morgan fingerprint density at radius 2 is 1.87 bits per heavy atom.